The summed E-state index contributed by atoms with van der Waals surface area (Å²) < 4.78 is 8.49. The molecule has 3 heterocycles. The van der Waals surface area contributed by atoms with Crippen LogP contribution in [0.1, 0.15) is 0 Å². The predicted octanol–water partition coefficient (Wildman–Crippen LogP) is 14.1. The summed E-state index contributed by atoms with van der Waals surface area (Å²) >= 11 is 6.97. The van der Waals surface area contributed by atoms with Crippen LogP contribution in [0.3, 0.4) is 0 Å². The molecular weight excluding hydrogens is 797 g/mol. The molecule has 3 nitrogen and oxygen atoms in total. The van der Waals surface area contributed by atoms with Gasteiger partial charge in [0, 0.05) is 48.2 Å². The number of benzene rings is 8. The van der Waals surface area contributed by atoms with Gasteiger partial charge >= 0.3 is 25.2 Å². The maximum atomic E-state index is 4.20. The first kappa shape index (κ1) is 34.2. The number of nitrogens with zero attached hydrogens (tertiary/aromatic N) is 3. The van der Waals surface area contributed by atoms with Crippen LogP contribution in [-0.2, 0) is 15.1 Å². The van der Waals surface area contributed by atoms with Gasteiger partial charge in [-0.2, -0.15) is 0 Å². The SMILES string of the molecule is Brc1ccccc1.[Cl][Cu].c1ccc(-n2c3ccccc3c3cc(-n4c5ccccc5c5ccccc54)cc(-n4c5ccccc5c5ccccc54)c32)cc1. The summed E-state index contributed by atoms with van der Waals surface area (Å²) in [5.74, 6) is 0. The van der Waals surface area contributed by atoms with Gasteiger partial charge in [0.05, 0.1) is 38.8 Å². The van der Waals surface area contributed by atoms with Crippen molar-refractivity contribution in [2.45, 2.75) is 0 Å². The van der Waals surface area contributed by atoms with E-state index in [0.717, 1.165) is 21.5 Å². The third-order valence-electron chi connectivity index (χ3n) is 10.1. The van der Waals surface area contributed by atoms with Crippen molar-refractivity contribution in [3.8, 4) is 17.1 Å². The Bertz CT molecular complexity index is 2980. The number of halogens is 2. The second-order valence-electron chi connectivity index (χ2n) is 13.1. The Morgan fingerprint density at radius 1 is 0.333 bits per heavy atom. The Labute approximate surface area is 333 Å². The van der Waals surface area contributed by atoms with Gasteiger partial charge in [0.15, 0.2) is 0 Å². The molecule has 54 heavy (non-hydrogen) atoms. The van der Waals surface area contributed by atoms with E-state index in [1.807, 2.05) is 30.3 Å². The van der Waals surface area contributed by atoms with Gasteiger partial charge in [0.2, 0.25) is 0 Å². The van der Waals surface area contributed by atoms with Gasteiger partial charge in [-0.1, -0.05) is 143 Å². The molecule has 0 saturated carbocycles. The van der Waals surface area contributed by atoms with E-state index in [1.165, 1.54) is 65.4 Å². The molecule has 11 rings (SSSR count). The van der Waals surface area contributed by atoms with Crippen LogP contribution in [0.4, 0.5) is 0 Å². The summed E-state index contributed by atoms with van der Waals surface area (Å²) in [6, 6.07) is 69.5. The topological polar surface area (TPSA) is 14.8 Å². The number of fused-ring (bicyclic) bond motifs is 9. The Kier molecular flexibility index (Phi) is 9.32. The Balaban J connectivity index is 0.000000382. The minimum Gasteiger partial charge on any atom is -0.309 e. The van der Waals surface area contributed by atoms with Gasteiger partial charge < -0.3 is 13.7 Å². The monoisotopic (exact) mass is 827 g/mol. The van der Waals surface area contributed by atoms with Crippen molar-refractivity contribution < 1.29 is 15.1 Å². The standard InChI is InChI=1S/C42H27N3.C6H5Br.ClH.Cu/c1-2-14-28(15-3-1)44-38-23-11-8-20-34(38)35-26-29(43-36-21-9-4-16-30(36)31-17-5-10-22-37(31)43)27-41(42(35)44)45-39-24-12-6-18-32(39)33-19-7-13-25-40(33)45;7-6-4-2-1-3-5-6;;/h1-27H;1-5H;1H;/q;;;+1/p-1. The molecule has 0 aliphatic carbocycles. The normalized spacial score (nSPS) is 11.3. The van der Waals surface area contributed by atoms with E-state index in [1.54, 1.807) is 0 Å². The van der Waals surface area contributed by atoms with Crippen LogP contribution in [0, 0.1) is 0 Å². The number of hydrogen-bond acceptors (Lipinski definition) is 0. The molecule has 264 valence electrons. The van der Waals surface area contributed by atoms with Gasteiger partial charge in [0.1, 0.15) is 0 Å². The molecule has 6 heteroatoms. The van der Waals surface area contributed by atoms with Crippen molar-refractivity contribution in [2.24, 2.45) is 0 Å². The smallest absolute Gasteiger partial charge is 0.0784 e. The fourth-order valence-corrected chi connectivity index (χ4v) is 8.31. The molecule has 0 saturated heterocycles. The van der Waals surface area contributed by atoms with E-state index in [-0.39, 0.29) is 0 Å². The molecule has 0 atom stereocenters. The van der Waals surface area contributed by atoms with Gasteiger partial charge in [-0.05, 0) is 66.7 Å². The second kappa shape index (κ2) is 14.7. The van der Waals surface area contributed by atoms with Crippen LogP contribution in [0.15, 0.2) is 199 Å². The van der Waals surface area contributed by atoms with Gasteiger partial charge in [-0.25, -0.2) is 0 Å². The zero-order valence-corrected chi connectivity index (χ0v) is 32.2. The second-order valence-corrected chi connectivity index (χ2v) is 14.0. The van der Waals surface area contributed by atoms with Crippen molar-refractivity contribution in [2.75, 3.05) is 0 Å². The number of rotatable bonds is 3. The molecule has 8 aromatic carbocycles. The summed E-state index contributed by atoms with van der Waals surface area (Å²) in [6.45, 7) is 0. The Hall–Kier alpha value is -5.55. The largest absolute Gasteiger partial charge is 0.309 e. The zero-order chi connectivity index (χ0) is 36.6. The van der Waals surface area contributed by atoms with Gasteiger partial charge in [-0.3, -0.25) is 0 Å². The van der Waals surface area contributed by atoms with E-state index in [2.05, 4.69) is 219 Å². The van der Waals surface area contributed by atoms with Crippen molar-refractivity contribution in [1.29, 1.82) is 0 Å². The first-order valence-electron chi connectivity index (χ1n) is 17.7. The number of aromatic nitrogens is 3. The van der Waals surface area contributed by atoms with Crippen LogP contribution in [0.5, 0.6) is 0 Å². The maximum Gasteiger partial charge on any atom is 0.0784 e. The first-order valence-corrected chi connectivity index (χ1v) is 19.8. The Morgan fingerprint density at radius 2 is 0.685 bits per heavy atom. The summed E-state index contributed by atoms with van der Waals surface area (Å²) in [7, 11) is 4.20. The predicted molar refractivity (Wildman–Crippen MR) is 229 cm³/mol. The number of hydrogen-bond donors (Lipinski definition) is 0. The molecule has 0 N–H and O–H groups in total. The van der Waals surface area contributed by atoms with E-state index < -0.39 is 0 Å². The van der Waals surface area contributed by atoms with Crippen molar-refractivity contribution >= 4 is 91.4 Å². The van der Waals surface area contributed by atoms with E-state index in [0.29, 0.717) is 0 Å². The van der Waals surface area contributed by atoms with Gasteiger partial charge in [0.25, 0.3) is 0 Å². The fourth-order valence-electron chi connectivity index (χ4n) is 8.00. The Morgan fingerprint density at radius 3 is 1.11 bits per heavy atom. The zero-order valence-electron chi connectivity index (χ0n) is 28.9. The molecule has 0 aliphatic heterocycles. The molecule has 0 fully saturated rings. The fraction of sp³-hybridized carbons (Fsp3) is 0. The minimum atomic E-state index is 1.13. The quantitative estimate of drug-likeness (QED) is 0.158. The van der Waals surface area contributed by atoms with Crippen LogP contribution in [0.25, 0.3) is 82.5 Å². The molecule has 3 aromatic heterocycles. The first-order chi connectivity index (χ1) is 26.8. The van der Waals surface area contributed by atoms with Crippen molar-refractivity contribution in [1.82, 2.24) is 13.7 Å². The molecule has 0 unspecified atom stereocenters. The summed E-state index contributed by atoms with van der Waals surface area (Å²) in [5, 5.41) is 7.50. The van der Waals surface area contributed by atoms with E-state index >= 15 is 0 Å². The summed E-state index contributed by atoms with van der Waals surface area (Å²) in [5.41, 5.74) is 10.6. The molecule has 0 spiro atoms. The van der Waals surface area contributed by atoms with Crippen LogP contribution in [-0.4, -0.2) is 13.7 Å². The third kappa shape index (κ3) is 5.73. The van der Waals surface area contributed by atoms with E-state index in [9.17, 15) is 0 Å². The average molecular weight is 830 g/mol. The molecule has 11 aromatic rings. The van der Waals surface area contributed by atoms with Gasteiger partial charge in [-0.15, -0.1) is 0 Å². The molecule has 0 radical (unpaired) electrons. The molecule has 0 bridgehead atoms. The van der Waals surface area contributed by atoms with Crippen LogP contribution < -0.4 is 0 Å². The van der Waals surface area contributed by atoms with Crippen LogP contribution >= 0.6 is 26.0 Å². The third-order valence-corrected chi connectivity index (χ3v) is 10.7. The summed E-state index contributed by atoms with van der Waals surface area (Å²) in [6.07, 6.45) is 0. The minimum absolute atomic E-state index is 1.13. The van der Waals surface area contributed by atoms with Crippen LogP contribution in [0.2, 0.25) is 0 Å². The average Bonchev–Trinajstić information content (AvgIpc) is 3.88. The summed E-state index contributed by atoms with van der Waals surface area (Å²) in [4.78, 5) is 0. The van der Waals surface area contributed by atoms with Crippen molar-refractivity contribution in [3.05, 3.63) is 199 Å². The molecule has 0 aliphatic rings. The molecule has 0 amide bonds. The molecular formula is C48H32BrClCuN3. The maximum absolute atomic E-state index is 4.20. The van der Waals surface area contributed by atoms with Crippen molar-refractivity contribution in [3.63, 3.8) is 0 Å². The van der Waals surface area contributed by atoms with E-state index in [4.69, 9.17) is 0 Å². The number of para-hydroxylation sites is 6.